The molecule has 1 amide bonds. The van der Waals surface area contributed by atoms with Gasteiger partial charge in [-0.05, 0) is 50.9 Å². The number of hydrogen-bond donors (Lipinski definition) is 2. The number of benzene rings is 1. The quantitative estimate of drug-likeness (QED) is 0.687. The summed E-state index contributed by atoms with van der Waals surface area (Å²) in [6, 6.07) is 6.55. The van der Waals surface area contributed by atoms with Gasteiger partial charge < -0.3 is 16.0 Å². The van der Waals surface area contributed by atoms with Crippen LogP contribution in [0.5, 0.6) is 0 Å². The third kappa shape index (κ3) is 5.34. The molecule has 0 bridgehead atoms. The molecule has 1 aromatic carbocycles. The minimum Gasteiger partial charge on any atom is -0.375 e. The van der Waals surface area contributed by atoms with Crippen molar-refractivity contribution in [3.05, 3.63) is 30.1 Å². The summed E-state index contributed by atoms with van der Waals surface area (Å²) in [4.78, 5) is 13.5. The number of nitrogens with zero attached hydrogens (tertiary/aromatic N) is 1. The molecule has 1 aromatic rings. The zero-order valence-corrected chi connectivity index (χ0v) is 13.2. The molecule has 4 nitrogen and oxygen atoms in total. The Morgan fingerprint density at radius 1 is 1.43 bits per heavy atom. The molecule has 0 spiro atoms. The van der Waals surface area contributed by atoms with Crippen molar-refractivity contribution in [2.75, 3.05) is 25.0 Å². The molecular weight excluding hydrogens is 269 g/mol. The SMILES string of the molecule is CCNC(C)(CCCCN(C)c1cccc(F)c1)C(N)=O. The normalized spacial score (nSPS) is 13.7. The van der Waals surface area contributed by atoms with E-state index < -0.39 is 5.54 Å². The summed E-state index contributed by atoms with van der Waals surface area (Å²) in [5.41, 5.74) is 5.67. The minimum atomic E-state index is -0.647. The number of unbranched alkanes of at least 4 members (excludes halogenated alkanes) is 1. The van der Waals surface area contributed by atoms with Gasteiger partial charge in [0.25, 0.3) is 0 Å². The van der Waals surface area contributed by atoms with Crippen molar-refractivity contribution in [2.24, 2.45) is 5.73 Å². The number of rotatable bonds is 9. The van der Waals surface area contributed by atoms with E-state index in [1.807, 2.05) is 31.9 Å². The molecule has 0 aliphatic heterocycles. The molecule has 0 aromatic heterocycles. The second kappa shape index (κ2) is 7.98. The van der Waals surface area contributed by atoms with E-state index >= 15 is 0 Å². The van der Waals surface area contributed by atoms with Crippen molar-refractivity contribution in [3.63, 3.8) is 0 Å². The molecule has 5 heteroatoms. The third-order valence-electron chi connectivity index (χ3n) is 3.78. The second-order valence-corrected chi connectivity index (χ2v) is 5.59. The summed E-state index contributed by atoms with van der Waals surface area (Å²) < 4.78 is 13.2. The molecule has 3 N–H and O–H groups in total. The molecule has 0 radical (unpaired) electrons. The summed E-state index contributed by atoms with van der Waals surface area (Å²) >= 11 is 0. The Morgan fingerprint density at radius 2 is 2.14 bits per heavy atom. The Bertz CT molecular complexity index is 467. The zero-order valence-electron chi connectivity index (χ0n) is 13.2. The van der Waals surface area contributed by atoms with Crippen LogP contribution >= 0.6 is 0 Å². The fourth-order valence-corrected chi connectivity index (χ4v) is 2.36. The first-order chi connectivity index (χ1) is 9.89. The molecule has 118 valence electrons. The summed E-state index contributed by atoms with van der Waals surface area (Å²) in [6.07, 6.45) is 2.50. The molecule has 1 unspecified atom stereocenters. The lowest BCUT2D eigenvalue weighted by atomic mass is 9.94. The highest BCUT2D eigenvalue weighted by Gasteiger charge is 2.28. The van der Waals surface area contributed by atoms with Crippen LogP contribution in [-0.2, 0) is 4.79 Å². The number of anilines is 1. The number of likely N-dealkylation sites (N-methyl/N-ethyl adjacent to an activating group) is 1. The van der Waals surface area contributed by atoms with Crippen LogP contribution in [-0.4, -0.2) is 31.6 Å². The predicted molar refractivity (Wildman–Crippen MR) is 84.8 cm³/mol. The monoisotopic (exact) mass is 295 g/mol. The topological polar surface area (TPSA) is 58.4 Å². The van der Waals surface area contributed by atoms with E-state index in [9.17, 15) is 9.18 Å². The van der Waals surface area contributed by atoms with Gasteiger partial charge in [-0.25, -0.2) is 4.39 Å². The molecule has 0 saturated heterocycles. The Kier molecular flexibility index (Phi) is 6.62. The van der Waals surface area contributed by atoms with Gasteiger partial charge in [0.2, 0.25) is 5.91 Å². The van der Waals surface area contributed by atoms with Crippen LogP contribution in [0.4, 0.5) is 10.1 Å². The number of nitrogens with one attached hydrogen (secondary N) is 1. The molecule has 1 rings (SSSR count). The summed E-state index contributed by atoms with van der Waals surface area (Å²) in [7, 11) is 1.94. The van der Waals surface area contributed by atoms with Gasteiger partial charge >= 0.3 is 0 Å². The first-order valence-corrected chi connectivity index (χ1v) is 7.40. The van der Waals surface area contributed by atoms with Gasteiger partial charge in [0.15, 0.2) is 0 Å². The summed E-state index contributed by atoms with van der Waals surface area (Å²) in [6.45, 7) is 5.32. The Balaban J connectivity index is 2.41. The Hall–Kier alpha value is -1.62. The Labute approximate surface area is 126 Å². The molecular formula is C16H26FN3O. The van der Waals surface area contributed by atoms with Gasteiger partial charge in [0.05, 0.1) is 5.54 Å². The summed E-state index contributed by atoms with van der Waals surface area (Å²) in [5.74, 6) is -0.546. The number of primary amides is 1. The number of carbonyl (C=O) groups excluding carboxylic acids is 1. The van der Waals surface area contributed by atoms with E-state index in [-0.39, 0.29) is 11.7 Å². The maximum absolute atomic E-state index is 13.2. The smallest absolute Gasteiger partial charge is 0.237 e. The van der Waals surface area contributed by atoms with Gasteiger partial charge in [-0.15, -0.1) is 0 Å². The lowest BCUT2D eigenvalue weighted by Crippen LogP contribution is -2.53. The van der Waals surface area contributed by atoms with Crippen molar-refractivity contribution >= 4 is 11.6 Å². The maximum atomic E-state index is 13.2. The summed E-state index contributed by atoms with van der Waals surface area (Å²) in [5, 5.41) is 3.15. The third-order valence-corrected chi connectivity index (χ3v) is 3.78. The number of halogens is 1. The number of nitrogens with two attached hydrogens (primary N) is 1. The minimum absolute atomic E-state index is 0.229. The molecule has 0 fully saturated rings. The van der Waals surface area contributed by atoms with Gasteiger partial charge in [-0.2, -0.15) is 0 Å². The highest BCUT2D eigenvalue weighted by atomic mass is 19.1. The fraction of sp³-hybridized carbons (Fsp3) is 0.562. The van der Waals surface area contributed by atoms with Crippen LogP contribution in [0, 0.1) is 5.82 Å². The highest BCUT2D eigenvalue weighted by Crippen LogP contribution is 2.17. The highest BCUT2D eigenvalue weighted by molar-refractivity contribution is 5.84. The van der Waals surface area contributed by atoms with Crippen LogP contribution in [0.2, 0.25) is 0 Å². The predicted octanol–water partition coefficient (Wildman–Crippen LogP) is 2.29. The Morgan fingerprint density at radius 3 is 2.71 bits per heavy atom. The van der Waals surface area contributed by atoms with E-state index in [0.29, 0.717) is 13.0 Å². The van der Waals surface area contributed by atoms with Gasteiger partial charge in [-0.1, -0.05) is 13.0 Å². The second-order valence-electron chi connectivity index (χ2n) is 5.59. The molecule has 1 atom stereocenters. The van der Waals surface area contributed by atoms with Crippen LogP contribution in [0.25, 0.3) is 0 Å². The molecule has 0 aliphatic rings. The number of carbonyl (C=O) groups is 1. The first kappa shape index (κ1) is 17.4. The van der Waals surface area contributed by atoms with E-state index in [0.717, 1.165) is 25.1 Å². The first-order valence-electron chi connectivity index (χ1n) is 7.40. The van der Waals surface area contributed by atoms with Crippen molar-refractivity contribution in [1.29, 1.82) is 0 Å². The number of amides is 1. The van der Waals surface area contributed by atoms with Crippen molar-refractivity contribution < 1.29 is 9.18 Å². The van der Waals surface area contributed by atoms with E-state index in [4.69, 9.17) is 5.73 Å². The average Bonchev–Trinajstić information content (AvgIpc) is 2.43. The van der Waals surface area contributed by atoms with Crippen LogP contribution < -0.4 is 16.0 Å². The number of hydrogen-bond acceptors (Lipinski definition) is 3. The fourth-order valence-electron chi connectivity index (χ4n) is 2.36. The van der Waals surface area contributed by atoms with Gasteiger partial charge in [0, 0.05) is 19.3 Å². The van der Waals surface area contributed by atoms with E-state index in [2.05, 4.69) is 5.32 Å². The largest absolute Gasteiger partial charge is 0.375 e. The van der Waals surface area contributed by atoms with Crippen LogP contribution in [0.15, 0.2) is 24.3 Å². The van der Waals surface area contributed by atoms with E-state index in [1.54, 1.807) is 6.07 Å². The molecule has 0 heterocycles. The molecule has 0 aliphatic carbocycles. The van der Waals surface area contributed by atoms with Crippen LogP contribution in [0.3, 0.4) is 0 Å². The lowest BCUT2D eigenvalue weighted by molar-refractivity contribution is -0.124. The van der Waals surface area contributed by atoms with Crippen molar-refractivity contribution in [1.82, 2.24) is 5.32 Å². The standard InChI is InChI=1S/C16H26FN3O/c1-4-19-16(2,15(18)21)10-5-6-11-20(3)14-9-7-8-13(17)12-14/h7-9,12,19H,4-6,10-11H2,1-3H3,(H2,18,21). The van der Waals surface area contributed by atoms with Crippen LogP contribution in [0.1, 0.15) is 33.1 Å². The molecule has 21 heavy (non-hydrogen) atoms. The van der Waals surface area contributed by atoms with Gasteiger partial charge in [0.1, 0.15) is 5.82 Å². The van der Waals surface area contributed by atoms with Crippen molar-refractivity contribution in [2.45, 2.75) is 38.6 Å². The average molecular weight is 295 g/mol. The maximum Gasteiger partial charge on any atom is 0.237 e. The van der Waals surface area contributed by atoms with Gasteiger partial charge in [-0.3, -0.25) is 4.79 Å². The van der Waals surface area contributed by atoms with E-state index in [1.165, 1.54) is 12.1 Å². The van der Waals surface area contributed by atoms with Crippen molar-refractivity contribution in [3.8, 4) is 0 Å². The lowest BCUT2D eigenvalue weighted by Gasteiger charge is -2.27. The zero-order chi connectivity index (χ0) is 15.9. The molecule has 0 saturated carbocycles.